The molecule has 0 atom stereocenters. The third kappa shape index (κ3) is 3.94. The van der Waals surface area contributed by atoms with Crippen molar-refractivity contribution in [2.75, 3.05) is 20.8 Å². The second kappa shape index (κ2) is 7.75. The van der Waals surface area contributed by atoms with E-state index in [4.69, 9.17) is 9.47 Å². The fraction of sp³-hybridized carbons (Fsp3) is 0.250. The van der Waals surface area contributed by atoms with E-state index in [1.54, 1.807) is 20.3 Å². The van der Waals surface area contributed by atoms with E-state index in [-0.39, 0.29) is 5.91 Å². The van der Waals surface area contributed by atoms with Gasteiger partial charge in [0.15, 0.2) is 11.5 Å². The maximum absolute atomic E-state index is 12.3. The number of nitrogens with one attached hydrogen (secondary N) is 2. The Hall–Kier alpha value is -2.95. The summed E-state index contributed by atoms with van der Waals surface area (Å²) in [5.41, 5.74) is 3.97. The second-order valence-electron chi connectivity index (χ2n) is 5.80. The minimum atomic E-state index is -0.131. The molecule has 0 bridgehead atoms. The number of hydrogen-bond acceptors (Lipinski definition) is 4. The molecule has 0 fully saturated rings. The van der Waals surface area contributed by atoms with Crippen molar-refractivity contribution >= 4 is 11.6 Å². The van der Waals surface area contributed by atoms with Crippen LogP contribution in [-0.2, 0) is 17.8 Å². The topological polar surface area (TPSA) is 59.6 Å². The predicted molar refractivity (Wildman–Crippen MR) is 97.5 cm³/mol. The maximum Gasteiger partial charge on any atom is 0.246 e. The van der Waals surface area contributed by atoms with Crippen LogP contribution in [0.25, 0.3) is 5.70 Å². The van der Waals surface area contributed by atoms with Gasteiger partial charge in [0.2, 0.25) is 5.91 Å². The monoisotopic (exact) mass is 338 g/mol. The molecule has 2 aromatic rings. The van der Waals surface area contributed by atoms with Gasteiger partial charge in [0.05, 0.1) is 14.2 Å². The summed E-state index contributed by atoms with van der Waals surface area (Å²) in [6.07, 6.45) is 2.48. The van der Waals surface area contributed by atoms with Crippen LogP contribution in [0.5, 0.6) is 11.5 Å². The van der Waals surface area contributed by atoms with Crippen LogP contribution in [-0.4, -0.2) is 26.7 Å². The van der Waals surface area contributed by atoms with Crippen molar-refractivity contribution < 1.29 is 14.3 Å². The average Bonchev–Trinajstić information content (AvgIpc) is 2.66. The van der Waals surface area contributed by atoms with Gasteiger partial charge in [-0.1, -0.05) is 30.3 Å². The lowest BCUT2D eigenvalue weighted by Crippen LogP contribution is -2.26. The van der Waals surface area contributed by atoms with E-state index in [1.165, 1.54) is 0 Å². The molecule has 0 aromatic heterocycles. The summed E-state index contributed by atoms with van der Waals surface area (Å²) in [5, 5.41) is 6.21. The molecule has 5 nitrogen and oxygen atoms in total. The average molecular weight is 338 g/mol. The molecule has 0 unspecified atom stereocenters. The summed E-state index contributed by atoms with van der Waals surface area (Å²) in [7, 11) is 3.23. The molecular formula is C20H22N2O3. The molecule has 0 radical (unpaired) electrons. The highest BCUT2D eigenvalue weighted by atomic mass is 16.5. The van der Waals surface area contributed by atoms with Crippen molar-refractivity contribution in [3.63, 3.8) is 0 Å². The summed E-state index contributed by atoms with van der Waals surface area (Å²) in [4.78, 5) is 12.3. The fourth-order valence-corrected chi connectivity index (χ4v) is 2.90. The smallest absolute Gasteiger partial charge is 0.246 e. The van der Waals surface area contributed by atoms with E-state index in [1.807, 2.05) is 42.5 Å². The molecule has 5 heteroatoms. The van der Waals surface area contributed by atoms with Crippen LogP contribution in [0.1, 0.15) is 16.7 Å². The summed E-state index contributed by atoms with van der Waals surface area (Å²) in [5.74, 6) is 1.23. The van der Waals surface area contributed by atoms with Gasteiger partial charge in [0.25, 0.3) is 0 Å². The Labute approximate surface area is 147 Å². The van der Waals surface area contributed by atoms with Crippen molar-refractivity contribution in [3.05, 3.63) is 65.2 Å². The molecule has 130 valence electrons. The molecule has 1 aliphatic rings. The first-order chi connectivity index (χ1) is 12.2. The minimum absolute atomic E-state index is 0.131. The van der Waals surface area contributed by atoms with Gasteiger partial charge in [-0.25, -0.2) is 0 Å². The number of fused-ring (bicyclic) bond motifs is 1. The van der Waals surface area contributed by atoms with Crippen molar-refractivity contribution in [1.82, 2.24) is 10.6 Å². The molecule has 0 aliphatic carbocycles. The molecule has 0 spiro atoms. The first-order valence-electron chi connectivity index (χ1n) is 8.24. The molecule has 1 heterocycles. The van der Waals surface area contributed by atoms with E-state index < -0.39 is 0 Å². The lowest BCUT2D eigenvalue weighted by Gasteiger charge is -2.23. The van der Waals surface area contributed by atoms with Gasteiger partial charge in [0.1, 0.15) is 0 Å². The Kier molecular flexibility index (Phi) is 5.23. The summed E-state index contributed by atoms with van der Waals surface area (Å²) >= 11 is 0. The quantitative estimate of drug-likeness (QED) is 0.823. The zero-order valence-corrected chi connectivity index (χ0v) is 14.5. The number of benzene rings is 2. The van der Waals surface area contributed by atoms with Crippen LogP contribution >= 0.6 is 0 Å². The van der Waals surface area contributed by atoms with Gasteiger partial charge in [-0.2, -0.15) is 0 Å². The number of carbonyl (C=O) groups is 1. The Morgan fingerprint density at radius 1 is 1.16 bits per heavy atom. The van der Waals surface area contributed by atoms with Gasteiger partial charge in [0, 0.05) is 30.4 Å². The van der Waals surface area contributed by atoms with Gasteiger partial charge in [-0.15, -0.1) is 0 Å². The van der Waals surface area contributed by atoms with Gasteiger partial charge < -0.3 is 20.1 Å². The predicted octanol–water partition coefficient (Wildman–Crippen LogP) is 2.51. The highest BCUT2D eigenvalue weighted by molar-refractivity contribution is 5.95. The van der Waals surface area contributed by atoms with E-state index >= 15 is 0 Å². The van der Waals surface area contributed by atoms with Gasteiger partial charge >= 0.3 is 0 Å². The van der Waals surface area contributed by atoms with Crippen molar-refractivity contribution in [2.24, 2.45) is 0 Å². The highest BCUT2D eigenvalue weighted by Crippen LogP contribution is 2.34. The van der Waals surface area contributed by atoms with Crippen molar-refractivity contribution in [2.45, 2.75) is 13.0 Å². The SMILES string of the molecule is COc1cc2c(cc1OC)C(=CC(=O)NCc1ccccc1)NCC2. The fourth-order valence-electron chi connectivity index (χ4n) is 2.90. The lowest BCUT2D eigenvalue weighted by atomic mass is 9.96. The molecule has 3 rings (SSSR count). The molecule has 0 saturated carbocycles. The standard InChI is InChI=1S/C20H22N2O3/c1-24-18-10-15-8-9-21-17(16(15)11-19(18)25-2)12-20(23)22-13-14-6-4-3-5-7-14/h3-7,10-12,21H,8-9,13H2,1-2H3,(H,22,23). The number of carbonyl (C=O) groups excluding carboxylic acids is 1. The molecular weight excluding hydrogens is 316 g/mol. The van der Waals surface area contributed by atoms with Crippen LogP contribution in [0.4, 0.5) is 0 Å². The molecule has 25 heavy (non-hydrogen) atoms. The summed E-state index contributed by atoms with van der Waals surface area (Å²) in [6.45, 7) is 1.28. The summed E-state index contributed by atoms with van der Waals surface area (Å²) < 4.78 is 10.7. The maximum atomic E-state index is 12.3. The number of methoxy groups -OCH3 is 2. The number of ether oxygens (including phenoxy) is 2. The van der Waals surface area contributed by atoms with E-state index in [2.05, 4.69) is 10.6 Å². The van der Waals surface area contributed by atoms with Crippen LogP contribution in [0.15, 0.2) is 48.5 Å². The van der Waals surface area contributed by atoms with Crippen LogP contribution in [0.3, 0.4) is 0 Å². The normalized spacial score (nSPS) is 14.4. The molecule has 2 aromatic carbocycles. The zero-order chi connectivity index (χ0) is 17.6. The number of amides is 1. The van der Waals surface area contributed by atoms with Gasteiger partial charge in [-0.3, -0.25) is 4.79 Å². The van der Waals surface area contributed by atoms with Gasteiger partial charge in [-0.05, 0) is 29.7 Å². The zero-order valence-electron chi connectivity index (χ0n) is 14.5. The number of rotatable bonds is 5. The van der Waals surface area contributed by atoms with Crippen molar-refractivity contribution in [3.8, 4) is 11.5 Å². The van der Waals surface area contributed by atoms with E-state index in [0.717, 1.165) is 35.4 Å². The Balaban J connectivity index is 1.79. The van der Waals surface area contributed by atoms with E-state index in [9.17, 15) is 4.79 Å². The third-order valence-electron chi connectivity index (χ3n) is 4.19. The molecule has 2 N–H and O–H groups in total. The molecule has 1 amide bonds. The Morgan fingerprint density at radius 3 is 2.60 bits per heavy atom. The van der Waals surface area contributed by atoms with Crippen molar-refractivity contribution in [1.29, 1.82) is 0 Å². The largest absolute Gasteiger partial charge is 0.493 e. The highest BCUT2D eigenvalue weighted by Gasteiger charge is 2.18. The van der Waals surface area contributed by atoms with Crippen LogP contribution < -0.4 is 20.1 Å². The summed E-state index contributed by atoms with van der Waals surface area (Å²) in [6, 6.07) is 13.7. The molecule has 1 aliphatic heterocycles. The number of hydrogen-bond donors (Lipinski definition) is 2. The van der Waals surface area contributed by atoms with E-state index in [0.29, 0.717) is 18.0 Å². The van der Waals surface area contributed by atoms with Crippen LogP contribution in [0.2, 0.25) is 0 Å². The Morgan fingerprint density at radius 2 is 1.88 bits per heavy atom. The van der Waals surface area contributed by atoms with Crippen LogP contribution in [0, 0.1) is 0 Å². The second-order valence-corrected chi connectivity index (χ2v) is 5.80. The Bertz CT molecular complexity index is 785. The molecule has 0 saturated heterocycles. The first kappa shape index (κ1) is 16.9. The lowest BCUT2D eigenvalue weighted by molar-refractivity contribution is -0.116. The minimum Gasteiger partial charge on any atom is -0.493 e. The third-order valence-corrected chi connectivity index (χ3v) is 4.19. The first-order valence-corrected chi connectivity index (χ1v) is 8.24.